The van der Waals surface area contributed by atoms with E-state index >= 15 is 4.39 Å². The lowest BCUT2D eigenvalue weighted by molar-refractivity contribution is 0.402. The molecular weight excluding hydrogens is 416 g/mol. The predicted octanol–water partition coefficient (Wildman–Crippen LogP) is 3.81. The third-order valence-electron chi connectivity index (χ3n) is 6.12. The second-order valence-corrected chi connectivity index (χ2v) is 8.28. The summed E-state index contributed by atoms with van der Waals surface area (Å²) in [4.78, 5) is 20.0. The minimum atomic E-state index is -0.679. The zero-order valence-corrected chi connectivity index (χ0v) is 17.4. The van der Waals surface area contributed by atoms with E-state index in [9.17, 15) is 9.18 Å². The summed E-state index contributed by atoms with van der Waals surface area (Å²) in [7, 11) is 0. The molecule has 6 N–H and O–H groups in total. The smallest absolute Gasteiger partial charge is 0.275 e. The highest BCUT2D eigenvalue weighted by Gasteiger charge is 2.25. The number of pyridine rings is 1. The number of hydrogen-bond acceptors (Lipinski definition) is 6. The molecule has 166 valence electrons. The summed E-state index contributed by atoms with van der Waals surface area (Å²) in [6.45, 7) is 1.86. The Morgan fingerprint density at radius 2 is 1.97 bits per heavy atom. The van der Waals surface area contributed by atoms with Gasteiger partial charge in [-0.05, 0) is 37.5 Å². The summed E-state index contributed by atoms with van der Waals surface area (Å²) in [5, 5.41) is 12.9. The summed E-state index contributed by atoms with van der Waals surface area (Å²) in [6.07, 6.45) is 6.66. The van der Waals surface area contributed by atoms with Gasteiger partial charge in [-0.3, -0.25) is 4.79 Å². The van der Waals surface area contributed by atoms with E-state index in [-0.39, 0.29) is 34.5 Å². The van der Waals surface area contributed by atoms with Crippen LogP contribution >= 0.6 is 0 Å². The third-order valence-corrected chi connectivity index (χ3v) is 6.12. The van der Waals surface area contributed by atoms with Gasteiger partial charge in [0.2, 0.25) is 0 Å². The standard InChI is InChI=1S/C22H23F2N7O/c1-10-8-26-19-12(10)6-11(23)7-16(19)29-20-17-13(9-27-31-22(17)32)18(24)21(30-20)28-15-5-3-2-4-14(15)25/h6-9,14-15,26H,2-5,25H2,1H3,(H,31,32)(H2,28,29,30)/t14-,15+/m0/s1. The Labute approximate surface area is 181 Å². The van der Waals surface area contributed by atoms with Crippen molar-refractivity contribution in [3.05, 3.63) is 52.1 Å². The second-order valence-electron chi connectivity index (χ2n) is 8.28. The lowest BCUT2D eigenvalue weighted by Crippen LogP contribution is -2.43. The van der Waals surface area contributed by atoms with Gasteiger partial charge in [0.25, 0.3) is 5.56 Å². The van der Waals surface area contributed by atoms with Gasteiger partial charge in [-0.25, -0.2) is 18.9 Å². The minimum Gasteiger partial charge on any atom is -0.363 e. The van der Waals surface area contributed by atoms with Crippen LogP contribution in [0.2, 0.25) is 0 Å². The van der Waals surface area contributed by atoms with Gasteiger partial charge >= 0.3 is 0 Å². The molecule has 0 aliphatic heterocycles. The Morgan fingerprint density at radius 1 is 1.16 bits per heavy atom. The van der Waals surface area contributed by atoms with E-state index in [0.717, 1.165) is 31.2 Å². The number of hydrogen-bond donors (Lipinski definition) is 5. The number of benzene rings is 1. The number of H-pyrrole nitrogens is 2. The molecule has 0 bridgehead atoms. The highest BCUT2D eigenvalue weighted by atomic mass is 19.1. The molecule has 1 aliphatic rings. The minimum absolute atomic E-state index is 0.00307. The molecule has 3 aromatic heterocycles. The molecule has 32 heavy (non-hydrogen) atoms. The van der Waals surface area contributed by atoms with Crippen molar-refractivity contribution >= 4 is 39.0 Å². The molecule has 2 atom stereocenters. The molecule has 1 saturated carbocycles. The Balaban J connectivity index is 1.65. The van der Waals surface area contributed by atoms with Crippen LogP contribution in [0.3, 0.4) is 0 Å². The molecular formula is C22H23F2N7O. The van der Waals surface area contributed by atoms with Crippen LogP contribution in [0.25, 0.3) is 21.7 Å². The van der Waals surface area contributed by atoms with Crippen LogP contribution in [-0.2, 0) is 0 Å². The van der Waals surface area contributed by atoms with Crippen molar-refractivity contribution in [2.24, 2.45) is 5.73 Å². The quantitative estimate of drug-likeness (QED) is 0.329. The van der Waals surface area contributed by atoms with E-state index < -0.39 is 17.2 Å². The molecule has 0 unspecified atom stereocenters. The molecule has 1 aromatic carbocycles. The number of aromatic nitrogens is 4. The number of nitrogens with two attached hydrogens (primary N) is 1. The SMILES string of the molecule is Cc1c[nH]c2c(Nc3nc(N[C@@H]4CCCC[C@@H]4N)c(F)c4cn[nH]c(=O)c34)cc(F)cc12. The monoisotopic (exact) mass is 439 g/mol. The number of nitrogens with one attached hydrogen (secondary N) is 4. The van der Waals surface area contributed by atoms with Crippen molar-refractivity contribution in [2.75, 3.05) is 10.6 Å². The largest absolute Gasteiger partial charge is 0.363 e. The van der Waals surface area contributed by atoms with Gasteiger partial charge in [0.1, 0.15) is 11.6 Å². The van der Waals surface area contributed by atoms with Gasteiger partial charge in [-0.1, -0.05) is 12.8 Å². The highest BCUT2D eigenvalue weighted by Crippen LogP contribution is 2.33. The van der Waals surface area contributed by atoms with Crippen LogP contribution in [0, 0.1) is 18.6 Å². The molecule has 0 saturated heterocycles. The fraction of sp³-hybridized carbons (Fsp3) is 0.318. The lowest BCUT2D eigenvalue weighted by atomic mass is 9.91. The highest BCUT2D eigenvalue weighted by molar-refractivity contribution is 5.99. The van der Waals surface area contributed by atoms with Gasteiger partial charge in [-0.2, -0.15) is 5.10 Å². The van der Waals surface area contributed by atoms with Crippen LogP contribution < -0.4 is 21.9 Å². The molecule has 8 nitrogen and oxygen atoms in total. The van der Waals surface area contributed by atoms with E-state index in [4.69, 9.17) is 5.73 Å². The van der Waals surface area contributed by atoms with Gasteiger partial charge < -0.3 is 21.4 Å². The van der Waals surface area contributed by atoms with Gasteiger partial charge in [0.15, 0.2) is 11.6 Å². The number of aromatic amines is 2. The first-order valence-electron chi connectivity index (χ1n) is 10.6. The maximum atomic E-state index is 15.3. The van der Waals surface area contributed by atoms with Crippen molar-refractivity contribution in [2.45, 2.75) is 44.7 Å². The van der Waals surface area contributed by atoms with Crippen LogP contribution in [0.15, 0.2) is 29.3 Å². The molecule has 0 spiro atoms. The molecule has 0 radical (unpaired) electrons. The van der Waals surface area contributed by atoms with Gasteiger partial charge in [0.05, 0.1) is 28.2 Å². The van der Waals surface area contributed by atoms with Gasteiger partial charge in [-0.15, -0.1) is 0 Å². The topological polar surface area (TPSA) is 125 Å². The number of aryl methyl sites for hydroxylation is 1. The van der Waals surface area contributed by atoms with E-state index in [1.54, 1.807) is 6.20 Å². The lowest BCUT2D eigenvalue weighted by Gasteiger charge is -2.30. The Bertz CT molecular complexity index is 1380. The summed E-state index contributed by atoms with van der Waals surface area (Å²) in [5.41, 5.74) is 7.51. The maximum Gasteiger partial charge on any atom is 0.275 e. The van der Waals surface area contributed by atoms with Crippen molar-refractivity contribution in [3.63, 3.8) is 0 Å². The number of halogens is 2. The molecule has 1 fully saturated rings. The van der Waals surface area contributed by atoms with Gasteiger partial charge in [0, 0.05) is 23.7 Å². The number of fused-ring (bicyclic) bond motifs is 2. The average Bonchev–Trinajstić information content (AvgIpc) is 3.13. The maximum absolute atomic E-state index is 15.3. The molecule has 10 heteroatoms. The van der Waals surface area contributed by atoms with Crippen LogP contribution in [0.4, 0.5) is 26.1 Å². The van der Waals surface area contributed by atoms with Crippen molar-refractivity contribution in [1.82, 2.24) is 20.2 Å². The second kappa shape index (κ2) is 7.86. The summed E-state index contributed by atoms with van der Waals surface area (Å²) in [6, 6.07) is 2.46. The Kier molecular flexibility index (Phi) is 5.01. The fourth-order valence-electron chi connectivity index (χ4n) is 4.40. The summed E-state index contributed by atoms with van der Waals surface area (Å²) >= 11 is 0. The summed E-state index contributed by atoms with van der Waals surface area (Å²) in [5.74, 6) is -1.06. The van der Waals surface area contributed by atoms with E-state index in [0.29, 0.717) is 16.6 Å². The third kappa shape index (κ3) is 3.46. The van der Waals surface area contributed by atoms with E-state index in [1.807, 2.05) is 6.92 Å². The molecule has 1 aliphatic carbocycles. The van der Waals surface area contributed by atoms with Crippen molar-refractivity contribution in [3.8, 4) is 0 Å². The first kappa shape index (κ1) is 20.4. The first-order chi connectivity index (χ1) is 15.4. The fourth-order valence-corrected chi connectivity index (χ4v) is 4.40. The zero-order chi connectivity index (χ0) is 22.4. The van der Waals surface area contributed by atoms with E-state index in [1.165, 1.54) is 18.3 Å². The van der Waals surface area contributed by atoms with Crippen LogP contribution in [0.1, 0.15) is 31.2 Å². The van der Waals surface area contributed by atoms with Crippen molar-refractivity contribution < 1.29 is 8.78 Å². The predicted molar refractivity (Wildman–Crippen MR) is 120 cm³/mol. The van der Waals surface area contributed by atoms with Crippen LogP contribution in [0.5, 0.6) is 0 Å². The molecule has 5 rings (SSSR count). The normalized spacial score (nSPS) is 18.9. The van der Waals surface area contributed by atoms with Crippen LogP contribution in [-0.4, -0.2) is 32.2 Å². The average molecular weight is 439 g/mol. The van der Waals surface area contributed by atoms with Crippen molar-refractivity contribution in [1.29, 1.82) is 0 Å². The Morgan fingerprint density at radius 3 is 2.78 bits per heavy atom. The summed E-state index contributed by atoms with van der Waals surface area (Å²) < 4.78 is 29.6. The molecule has 3 heterocycles. The number of anilines is 3. The molecule has 4 aromatic rings. The van der Waals surface area contributed by atoms with E-state index in [2.05, 4.69) is 30.8 Å². The first-order valence-corrected chi connectivity index (χ1v) is 10.6. The molecule has 0 amide bonds. The zero-order valence-electron chi connectivity index (χ0n) is 17.4. The Hall–Kier alpha value is -3.53. The number of rotatable bonds is 4. The number of nitrogens with zero attached hydrogens (tertiary/aromatic N) is 2.